The van der Waals surface area contributed by atoms with Gasteiger partial charge in [-0.15, -0.1) is 0 Å². The normalized spacial score (nSPS) is 12.7. The first kappa shape index (κ1) is 23.4. The molecule has 1 aliphatic rings. The number of aromatic nitrogens is 1. The van der Waals surface area contributed by atoms with E-state index in [1.54, 1.807) is 25.3 Å². The van der Waals surface area contributed by atoms with E-state index in [1.165, 1.54) is 0 Å². The number of carbonyl (C=O) groups is 2. The van der Waals surface area contributed by atoms with Crippen LogP contribution in [-0.2, 0) is 33.7 Å². The van der Waals surface area contributed by atoms with Crippen molar-refractivity contribution in [3.63, 3.8) is 0 Å². The second kappa shape index (κ2) is 10.4. The van der Waals surface area contributed by atoms with E-state index in [4.69, 9.17) is 18.6 Å². The highest BCUT2D eigenvalue weighted by atomic mass is 16.5. The van der Waals surface area contributed by atoms with Crippen LogP contribution in [0.3, 0.4) is 0 Å². The molecule has 0 fully saturated rings. The van der Waals surface area contributed by atoms with Crippen molar-refractivity contribution < 1.29 is 28.2 Å². The Kier molecular flexibility index (Phi) is 7.15. The van der Waals surface area contributed by atoms with Crippen molar-refractivity contribution >= 4 is 11.9 Å². The molecule has 0 bridgehead atoms. The maximum Gasteiger partial charge on any atom is 0.306 e. The number of hydrogen-bond acceptors (Lipinski definition) is 7. The second-order valence-electron chi connectivity index (χ2n) is 8.19. The van der Waals surface area contributed by atoms with E-state index in [0.29, 0.717) is 49.1 Å². The number of rotatable bonds is 8. The molecule has 34 heavy (non-hydrogen) atoms. The highest BCUT2D eigenvalue weighted by Crippen LogP contribution is 2.33. The van der Waals surface area contributed by atoms with Gasteiger partial charge in [0.2, 0.25) is 0 Å². The van der Waals surface area contributed by atoms with Gasteiger partial charge in [0.15, 0.2) is 29.8 Å². The van der Waals surface area contributed by atoms with Crippen molar-refractivity contribution in [1.29, 1.82) is 0 Å². The fraction of sp³-hybridized carbons (Fsp3) is 0.346. The lowest BCUT2D eigenvalue weighted by atomic mass is 9.99. The summed E-state index contributed by atoms with van der Waals surface area (Å²) in [5, 5.41) is 0. The molecule has 1 aromatic heterocycles. The van der Waals surface area contributed by atoms with Crippen molar-refractivity contribution in [2.75, 3.05) is 27.4 Å². The van der Waals surface area contributed by atoms with E-state index in [1.807, 2.05) is 43.3 Å². The number of oxazole rings is 1. The summed E-state index contributed by atoms with van der Waals surface area (Å²) < 4.78 is 21.7. The number of esters is 1. The van der Waals surface area contributed by atoms with Crippen LogP contribution < -0.4 is 9.47 Å². The standard InChI is InChI=1S/C26H28N2O6/c1-17-4-6-18(7-5-17)23-14-27-24(34-23)8-9-26(30)33-16-25(29)28-11-10-19-12-21(31-2)22(32-3)13-20(19)15-28/h4-7,12-14H,8-11,15-16H2,1-3H3. The number of fused-ring (bicyclic) bond motifs is 1. The van der Waals surface area contributed by atoms with E-state index >= 15 is 0 Å². The summed E-state index contributed by atoms with van der Waals surface area (Å²) in [4.78, 5) is 30.7. The molecule has 3 aromatic rings. The molecular weight excluding hydrogens is 436 g/mol. The van der Waals surface area contributed by atoms with Crippen LogP contribution in [0.1, 0.15) is 29.0 Å². The molecule has 4 rings (SSSR count). The highest BCUT2D eigenvalue weighted by Gasteiger charge is 2.23. The lowest BCUT2D eigenvalue weighted by molar-refractivity contribution is -0.152. The summed E-state index contributed by atoms with van der Waals surface area (Å²) in [6.45, 7) is 2.72. The third-order valence-electron chi connectivity index (χ3n) is 5.86. The topological polar surface area (TPSA) is 91.1 Å². The van der Waals surface area contributed by atoms with Gasteiger partial charge in [0.05, 0.1) is 26.8 Å². The minimum atomic E-state index is -0.466. The van der Waals surface area contributed by atoms with Gasteiger partial charge in [0.25, 0.3) is 5.91 Å². The number of aryl methyl sites for hydroxylation is 2. The first-order valence-electron chi connectivity index (χ1n) is 11.2. The van der Waals surface area contributed by atoms with Gasteiger partial charge < -0.3 is 23.5 Å². The van der Waals surface area contributed by atoms with Crippen LogP contribution in [0.25, 0.3) is 11.3 Å². The Hall–Kier alpha value is -3.81. The molecule has 0 atom stereocenters. The SMILES string of the molecule is COc1cc2c(cc1OC)CN(C(=O)COC(=O)CCc1ncc(-c3ccc(C)cc3)o1)CC2. The van der Waals surface area contributed by atoms with E-state index in [-0.39, 0.29) is 18.9 Å². The summed E-state index contributed by atoms with van der Waals surface area (Å²) in [5.41, 5.74) is 4.21. The van der Waals surface area contributed by atoms with E-state index in [2.05, 4.69) is 4.98 Å². The van der Waals surface area contributed by atoms with Crippen LogP contribution in [0.15, 0.2) is 47.0 Å². The second-order valence-corrected chi connectivity index (χ2v) is 8.19. The molecule has 0 aliphatic carbocycles. The number of methoxy groups -OCH3 is 2. The summed E-state index contributed by atoms with van der Waals surface area (Å²) in [6.07, 6.45) is 2.73. The molecule has 1 aliphatic heterocycles. The van der Waals surface area contributed by atoms with Crippen LogP contribution >= 0.6 is 0 Å². The van der Waals surface area contributed by atoms with Crippen molar-refractivity contribution in [3.05, 3.63) is 65.2 Å². The minimum Gasteiger partial charge on any atom is -0.493 e. The molecule has 178 valence electrons. The van der Waals surface area contributed by atoms with Gasteiger partial charge in [0, 0.05) is 25.1 Å². The number of amides is 1. The van der Waals surface area contributed by atoms with Gasteiger partial charge >= 0.3 is 5.97 Å². The average molecular weight is 465 g/mol. The third-order valence-corrected chi connectivity index (χ3v) is 5.86. The van der Waals surface area contributed by atoms with Crippen molar-refractivity contribution in [3.8, 4) is 22.8 Å². The zero-order valence-electron chi connectivity index (χ0n) is 19.6. The molecule has 0 radical (unpaired) electrons. The monoisotopic (exact) mass is 464 g/mol. The molecule has 1 amide bonds. The zero-order valence-corrected chi connectivity index (χ0v) is 19.6. The molecule has 2 aromatic carbocycles. The molecule has 0 N–H and O–H groups in total. The number of benzene rings is 2. The minimum absolute atomic E-state index is 0.0843. The highest BCUT2D eigenvalue weighted by molar-refractivity contribution is 5.81. The Morgan fingerprint density at radius 1 is 1.06 bits per heavy atom. The molecule has 0 spiro atoms. The summed E-state index contributed by atoms with van der Waals surface area (Å²) in [7, 11) is 3.18. The Bertz CT molecular complexity index is 1170. The van der Waals surface area contributed by atoms with Crippen LogP contribution in [0.2, 0.25) is 0 Å². The van der Waals surface area contributed by atoms with Gasteiger partial charge in [-0.3, -0.25) is 9.59 Å². The Balaban J connectivity index is 1.25. The predicted molar refractivity (Wildman–Crippen MR) is 125 cm³/mol. The smallest absolute Gasteiger partial charge is 0.306 e. The summed E-state index contributed by atoms with van der Waals surface area (Å²) in [6, 6.07) is 11.8. The number of ether oxygens (including phenoxy) is 3. The first-order valence-corrected chi connectivity index (χ1v) is 11.2. The number of hydrogen-bond donors (Lipinski definition) is 0. The maximum absolute atomic E-state index is 12.6. The van der Waals surface area contributed by atoms with Crippen molar-refractivity contribution in [2.24, 2.45) is 0 Å². The maximum atomic E-state index is 12.6. The van der Waals surface area contributed by atoms with E-state index in [0.717, 1.165) is 22.3 Å². The lowest BCUT2D eigenvalue weighted by Crippen LogP contribution is -2.38. The van der Waals surface area contributed by atoms with Gasteiger partial charge in [0.1, 0.15) is 0 Å². The Morgan fingerprint density at radius 3 is 2.47 bits per heavy atom. The molecule has 0 unspecified atom stereocenters. The number of nitrogens with zero attached hydrogens (tertiary/aromatic N) is 2. The summed E-state index contributed by atoms with van der Waals surface area (Å²) >= 11 is 0. The molecule has 2 heterocycles. The van der Waals surface area contributed by atoms with Crippen molar-refractivity contribution in [1.82, 2.24) is 9.88 Å². The lowest BCUT2D eigenvalue weighted by Gasteiger charge is -2.29. The van der Waals surface area contributed by atoms with Gasteiger partial charge in [-0.25, -0.2) is 4.98 Å². The van der Waals surface area contributed by atoms with Crippen LogP contribution in [0, 0.1) is 6.92 Å². The van der Waals surface area contributed by atoms with E-state index < -0.39 is 5.97 Å². The predicted octanol–water partition coefficient (Wildman–Crippen LogP) is 3.73. The third kappa shape index (κ3) is 5.39. The quantitative estimate of drug-likeness (QED) is 0.469. The number of carbonyl (C=O) groups excluding carboxylic acids is 2. The summed E-state index contributed by atoms with van der Waals surface area (Å²) in [5.74, 6) is 1.71. The fourth-order valence-corrected chi connectivity index (χ4v) is 3.89. The Labute approximate surface area is 198 Å². The average Bonchev–Trinajstić information content (AvgIpc) is 3.34. The molecule has 8 nitrogen and oxygen atoms in total. The van der Waals surface area contributed by atoms with E-state index in [9.17, 15) is 9.59 Å². The van der Waals surface area contributed by atoms with Crippen LogP contribution in [0.4, 0.5) is 0 Å². The zero-order chi connectivity index (χ0) is 24.1. The van der Waals surface area contributed by atoms with Crippen molar-refractivity contribution in [2.45, 2.75) is 32.7 Å². The largest absolute Gasteiger partial charge is 0.493 e. The Morgan fingerprint density at radius 2 is 1.76 bits per heavy atom. The molecule has 0 saturated carbocycles. The fourth-order valence-electron chi connectivity index (χ4n) is 3.89. The van der Waals surface area contributed by atoms with Crippen LogP contribution in [0.5, 0.6) is 11.5 Å². The molecular formula is C26H28N2O6. The van der Waals surface area contributed by atoms with Crippen LogP contribution in [-0.4, -0.2) is 49.1 Å². The molecule has 0 saturated heterocycles. The van der Waals surface area contributed by atoms with Gasteiger partial charge in [-0.2, -0.15) is 0 Å². The van der Waals surface area contributed by atoms with Gasteiger partial charge in [-0.05, 0) is 36.6 Å². The van der Waals surface area contributed by atoms with Gasteiger partial charge in [-0.1, -0.05) is 29.8 Å². The molecule has 8 heteroatoms. The first-order chi connectivity index (χ1) is 16.5.